The normalized spacial score (nSPS) is 17.1. The van der Waals surface area contributed by atoms with Crippen molar-refractivity contribution >= 4 is 22.9 Å². The monoisotopic (exact) mass is 250 g/mol. The number of rotatable bonds is 3. The van der Waals surface area contributed by atoms with Crippen LogP contribution in [0.4, 0.5) is 5.69 Å². The highest BCUT2D eigenvalue weighted by Gasteiger charge is 2.15. The zero-order valence-corrected chi connectivity index (χ0v) is 10.9. The maximum atomic E-state index is 5.53. The molecule has 1 aromatic heterocycles. The molecule has 1 aromatic rings. The second kappa shape index (κ2) is 5.42. The molecule has 2 rings (SSSR count). The van der Waals surface area contributed by atoms with Crippen molar-refractivity contribution in [1.82, 2.24) is 9.88 Å². The molecule has 1 saturated heterocycles. The molecule has 1 aliphatic heterocycles. The molecule has 5 heteroatoms. The zero-order chi connectivity index (χ0) is 12.3. The van der Waals surface area contributed by atoms with Crippen molar-refractivity contribution in [2.75, 3.05) is 37.6 Å². The van der Waals surface area contributed by atoms with Crippen molar-refractivity contribution in [3.8, 4) is 0 Å². The van der Waals surface area contributed by atoms with Crippen LogP contribution in [0.5, 0.6) is 0 Å². The molecule has 2 N–H and O–H groups in total. The molecule has 0 bridgehead atoms. The molecule has 0 saturated carbocycles. The van der Waals surface area contributed by atoms with Gasteiger partial charge in [-0.05, 0) is 18.7 Å². The van der Waals surface area contributed by atoms with Gasteiger partial charge < -0.3 is 15.5 Å². The van der Waals surface area contributed by atoms with Gasteiger partial charge in [-0.2, -0.15) is 0 Å². The Morgan fingerprint density at radius 3 is 2.53 bits per heavy atom. The van der Waals surface area contributed by atoms with Gasteiger partial charge in [-0.1, -0.05) is 19.1 Å². The number of hydrogen-bond donors (Lipinski definition) is 1. The molecule has 2 heterocycles. The lowest BCUT2D eigenvalue weighted by Crippen LogP contribution is -2.46. The van der Waals surface area contributed by atoms with Crippen LogP contribution >= 0.6 is 12.2 Å². The van der Waals surface area contributed by atoms with Gasteiger partial charge in [0.1, 0.15) is 4.99 Å². The predicted molar refractivity (Wildman–Crippen MR) is 74.5 cm³/mol. The summed E-state index contributed by atoms with van der Waals surface area (Å²) < 4.78 is 0. The molecule has 0 unspecified atom stereocenters. The Labute approximate surface area is 107 Å². The Balaban J connectivity index is 2.01. The van der Waals surface area contributed by atoms with Gasteiger partial charge >= 0.3 is 0 Å². The summed E-state index contributed by atoms with van der Waals surface area (Å²) in [6.07, 6.45) is 1.86. The summed E-state index contributed by atoms with van der Waals surface area (Å²) in [6.45, 7) is 7.69. The first kappa shape index (κ1) is 12.3. The van der Waals surface area contributed by atoms with Gasteiger partial charge in [0.2, 0.25) is 0 Å². The number of anilines is 1. The predicted octanol–water partition coefficient (Wildman–Crippen LogP) is 0.858. The molecular formula is C12H18N4S. The number of aromatic nitrogens is 1. The summed E-state index contributed by atoms with van der Waals surface area (Å²) in [5.41, 5.74) is 7.37. The van der Waals surface area contributed by atoms with Crippen LogP contribution in [0.15, 0.2) is 18.3 Å². The minimum atomic E-state index is 0.354. The number of hydrogen-bond acceptors (Lipinski definition) is 4. The van der Waals surface area contributed by atoms with E-state index in [0.717, 1.165) is 38.4 Å². The summed E-state index contributed by atoms with van der Waals surface area (Å²) >= 11 is 4.89. The minimum absolute atomic E-state index is 0.354. The summed E-state index contributed by atoms with van der Waals surface area (Å²) in [4.78, 5) is 9.43. The molecule has 92 valence electrons. The van der Waals surface area contributed by atoms with Gasteiger partial charge in [-0.25, -0.2) is 0 Å². The van der Waals surface area contributed by atoms with E-state index < -0.39 is 0 Å². The molecule has 0 atom stereocenters. The van der Waals surface area contributed by atoms with E-state index in [-0.39, 0.29) is 0 Å². The highest BCUT2D eigenvalue weighted by atomic mass is 32.1. The molecule has 4 nitrogen and oxygen atoms in total. The van der Waals surface area contributed by atoms with E-state index in [0.29, 0.717) is 10.7 Å². The van der Waals surface area contributed by atoms with Crippen LogP contribution < -0.4 is 10.6 Å². The van der Waals surface area contributed by atoms with Crippen LogP contribution in [0.2, 0.25) is 0 Å². The topological polar surface area (TPSA) is 45.4 Å². The highest BCUT2D eigenvalue weighted by Crippen LogP contribution is 2.15. The molecule has 0 aromatic carbocycles. The third kappa shape index (κ3) is 2.92. The Kier molecular flexibility index (Phi) is 3.91. The summed E-state index contributed by atoms with van der Waals surface area (Å²) in [6, 6.07) is 3.94. The van der Waals surface area contributed by atoms with E-state index in [2.05, 4.69) is 21.7 Å². The van der Waals surface area contributed by atoms with Gasteiger partial charge in [-0.3, -0.25) is 4.98 Å². The first-order valence-corrected chi connectivity index (χ1v) is 6.34. The van der Waals surface area contributed by atoms with E-state index >= 15 is 0 Å². The molecule has 1 fully saturated rings. The highest BCUT2D eigenvalue weighted by molar-refractivity contribution is 7.80. The average Bonchev–Trinajstić information content (AvgIpc) is 2.39. The van der Waals surface area contributed by atoms with E-state index in [4.69, 9.17) is 18.0 Å². The SMILES string of the molecule is CCN1CCN(c2ccc(C(N)=S)nc2)CC1. The number of nitrogens with two attached hydrogens (primary N) is 1. The molecule has 17 heavy (non-hydrogen) atoms. The van der Waals surface area contributed by atoms with Crippen LogP contribution in [0.1, 0.15) is 12.6 Å². The number of piperazine rings is 1. The van der Waals surface area contributed by atoms with Gasteiger partial charge in [0.15, 0.2) is 0 Å². The van der Waals surface area contributed by atoms with Crippen molar-refractivity contribution in [2.24, 2.45) is 5.73 Å². The second-order valence-corrected chi connectivity index (χ2v) is 4.63. The average molecular weight is 250 g/mol. The summed E-state index contributed by atoms with van der Waals surface area (Å²) in [5, 5.41) is 0. The molecule has 0 aliphatic carbocycles. The lowest BCUT2D eigenvalue weighted by Gasteiger charge is -2.35. The zero-order valence-electron chi connectivity index (χ0n) is 10.1. The number of likely N-dealkylation sites (N-methyl/N-ethyl adjacent to an activating group) is 1. The van der Waals surface area contributed by atoms with Crippen LogP contribution in [-0.2, 0) is 0 Å². The third-order valence-electron chi connectivity index (χ3n) is 3.18. The second-order valence-electron chi connectivity index (χ2n) is 4.19. The molecule has 0 amide bonds. The molecule has 0 spiro atoms. The van der Waals surface area contributed by atoms with E-state index in [9.17, 15) is 0 Å². The number of pyridine rings is 1. The third-order valence-corrected chi connectivity index (χ3v) is 3.39. The van der Waals surface area contributed by atoms with E-state index in [1.807, 2.05) is 18.3 Å². The number of thiocarbonyl (C=S) groups is 1. The van der Waals surface area contributed by atoms with Crippen molar-refractivity contribution < 1.29 is 0 Å². The van der Waals surface area contributed by atoms with Crippen LogP contribution in [0, 0.1) is 0 Å². The van der Waals surface area contributed by atoms with Crippen molar-refractivity contribution in [3.63, 3.8) is 0 Å². The fourth-order valence-electron chi connectivity index (χ4n) is 2.04. The fourth-order valence-corrected chi connectivity index (χ4v) is 2.16. The van der Waals surface area contributed by atoms with Gasteiger partial charge in [0.25, 0.3) is 0 Å². The molecule has 0 radical (unpaired) electrons. The maximum absolute atomic E-state index is 5.53. The van der Waals surface area contributed by atoms with Gasteiger partial charge in [-0.15, -0.1) is 0 Å². The van der Waals surface area contributed by atoms with Crippen molar-refractivity contribution in [1.29, 1.82) is 0 Å². The Bertz CT molecular complexity index is 382. The minimum Gasteiger partial charge on any atom is -0.388 e. The Morgan fingerprint density at radius 1 is 1.35 bits per heavy atom. The first-order chi connectivity index (χ1) is 8.20. The lowest BCUT2D eigenvalue weighted by molar-refractivity contribution is 0.271. The Morgan fingerprint density at radius 2 is 2.06 bits per heavy atom. The van der Waals surface area contributed by atoms with Crippen molar-refractivity contribution in [2.45, 2.75) is 6.92 Å². The number of nitrogens with zero attached hydrogens (tertiary/aromatic N) is 3. The fraction of sp³-hybridized carbons (Fsp3) is 0.500. The first-order valence-electron chi connectivity index (χ1n) is 5.94. The Hall–Kier alpha value is -1.20. The van der Waals surface area contributed by atoms with Gasteiger partial charge in [0, 0.05) is 26.2 Å². The van der Waals surface area contributed by atoms with Crippen molar-refractivity contribution in [3.05, 3.63) is 24.0 Å². The maximum Gasteiger partial charge on any atom is 0.122 e. The molecule has 1 aliphatic rings. The summed E-state index contributed by atoms with van der Waals surface area (Å²) in [7, 11) is 0. The van der Waals surface area contributed by atoms with E-state index in [1.165, 1.54) is 0 Å². The largest absolute Gasteiger partial charge is 0.388 e. The van der Waals surface area contributed by atoms with Crippen LogP contribution in [0.25, 0.3) is 0 Å². The molecular weight excluding hydrogens is 232 g/mol. The van der Waals surface area contributed by atoms with Crippen LogP contribution in [-0.4, -0.2) is 47.6 Å². The standard InChI is InChI=1S/C12H18N4S/c1-2-15-5-7-16(8-6-15)10-3-4-11(12(13)17)14-9-10/h3-4,9H,2,5-8H2,1H3,(H2,13,17). The summed E-state index contributed by atoms with van der Waals surface area (Å²) in [5.74, 6) is 0. The quantitative estimate of drug-likeness (QED) is 0.806. The smallest absolute Gasteiger partial charge is 0.122 e. The van der Waals surface area contributed by atoms with Crippen LogP contribution in [0.3, 0.4) is 0 Å². The lowest BCUT2D eigenvalue weighted by atomic mass is 10.2. The van der Waals surface area contributed by atoms with Gasteiger partial charge in [0.05, 0.1) is 17.6 Å². The van der Waals surface area contributed by atoms with E-state index in [1.54, 1.807) is 0 Å².